The van der Waals surface area contributed by atoms with E-state index in [0.717, 1.165) is 73.2 Å². The van der Waals surface area contributed by atoms with Crippen molar-refractivity contribution in [3.63, 3.8) is 0 Å². The van der Waals surface area contributed by atoms with Gasteiger partial charge in [-0.25, -0.2) is 0 Å². The zero-order chi connectivity index (χ0) is 27.4. The molecular formula is C33H45NO4S. The minimum Gasteiger partial charge on any atom is -0.395 e. The number of carbonyl (C=O) groups excluding carboxylic acids is 1. The number of aliphatic hydroxyl groups is 3. The van der Waals surface area contributed by atoms with Crippen molar-refractivity contribution in [2.45, 2.75) is 96.3 Å². The van der Waals surface area contributed by atoms with Crippen LogP contribution in [-0.4, -0.2) is 63.4 Å². The highest BCUT2D eigenvalue weighted by Crippen LogP contribution is 2.78. The molecule has 39 heavy (non-hydrogen) atoms. The van der Waals surface area contributed by atoms with Gasteiger partial charge in [0.15, 0.2) is 5.78 Å². The van der Waals surface area contributed by atoms with Gasteiger partial charge >= 0.3 is 0 Å². The van der Waals surface area contributed by atoms with Crippen LogP contribution in [0.4, 0.5) is 0 Å². The average Bonchev–Trinajstić information content (AvgIpc) is 3.61. The standard InChI is InChI=1S/C33H45NO4S/c1-21-6-7-25(39-21)28(37)24-18-31-14-15-33(24)26(29(31,2)11-8-23(36)17-31)9-12-30(3)27(33)10-13-32(30,38)20-34-16-4-5-22(34)19-35/h6-7,14-15,18,22-23,26-27,35-36,38H,4-5,8-13,16-17,19-20H2,1-3H3. The zero-order valence-corrected chi connectivity index (χ0v) is 24.6. The zero-order valence-electron chi connectivity index (χ0n) is 23.8. The average molecular weight is 552 g/mol. The maximum absolute atomic E-state index is 14.5. The van der Waals surface area contributed by atoms with Gasteiger partial charge in [0.05, 0.1) is 23.2 Å². The molecule has 0 amide bonds. The van der Waals surface area contributed by atoms with Crippen LogP contribution in [0.2, 0.25) is 0 Å². The van der Waals surface area contributed by atoms with Crippen LogP contribution in [0.5, 0.6) is 0 Å². The Bertz CT molecular complexity index is 1250. The molecule has 0 radical (unpaired) electrons. The van der Waals surface area contributed by atoms with Crippen molar-refractivity contribution in [2.75, 3.05) is 19.7 Å². The van der Waals surface area contributed by atoms with E-state index in [1.807, 2.05) is 12.1 Å². The molecule has 7 aliphatic rings. The molecule has 6 aliphatic carbocycles. The van der Waals surface area contributed by atoms with Crippen LogP contribution < -0.4 is 0 Å². The summed E-state index contributed by atoms with van der Waals surface area (Å²) in [6.45, 7) is 8.51. The first-order valence-electron chi connectivity index (χ1n) is 15.3. The Kier molecular flexibility index (Phi) is 5.87. The third kappa shape index (κ3) is 3.30. The van der Waals surface area contributed by atoms with E-state index in [-0.39, 0.29) is 46.7 Å². The number of allylic oxidation sites excluding steroid dienone is 4. The number of likely N-dealkylation sites (tertiary alicyclic amines) is 1. The lowest BCUT2D eigenvalue weighted by Gasteiger charge is -2.71. The fourth-order valence-corrected chi connectivity index (χ4v) is 11.8. The van der Waals surface area contributed by atoms with Crippen molar-refractivity contribution in [3.05, 3.63) is 45.7 Å². The molecule has 4 fully saturated rings. The molecule has 2 bridgehead atoms. The van der Waals surface area contributed by atoms with Crippen LogP contribution in [0.3, 0.4) is 0 Å². The van der Waals surface area contributed by atoms with Crippen LogP contribution in [0.15, 0.2) is 35.9 Å². The summed E-state index contributed by atoms with van der Waals surface area (Å²) in [5, 5.41) is 33.4. The normalized spacial score (nSPS) is 48.5. The largest absolute Gasteiger partial charge is 0.395 e. The number of aryl methyl sites for hydroxylation is 1. The molecule has 9 unspecified atom stereocenters. The van der Waals surface area contributed by atoms with Gasteiger partial charge in [-0.05, 0) is 101 Å². The minimum absolute atomic E-state index is 0.00486. The number of Topliss-reactive ketones (excluding diaryl/α,β-unsaturated/α-hetero) is 1. The fraction of sp³-hybridized carbons (Fsp3) is 0.727. The van der Waals surface area contributed by atoms with Gasteiger partial charge in [0.2, 0.25) is 0 Å². The first kappa shape index (κ1) is 26.6. The Morgan fingerprint density at radius 1 is 1.05 bits per heavy atom. The van der Waals surface area contributed by atoms with E-state index in [1.165, 1.54) is 0 Å². The van der Waals surface area contributed by atoms with Crippen molar-refractivity contribution in [3.8, 4) is 0 Å². The predicted molar refractivity (Wildman–Crippen MR) is 154 cm³/mol. The second-order valence-corrected chi connectivity index (χ2v) is 15.8. The lowest BCUT2D eigenvalue weighted by Crippen LogP contribution is -2.67. The van der Waals surface area contributed by atoms with E-state index < -0.39 is 11.0 Å². The number of carbonyl (C=O) groups is 1. The van der Waals surface area contributed by atoms with Gasteiger partial charge in [0.25, 0.3) is 0 Å². The number of ketones is 1. The lowest BCUT2D eigenvalue weighted by atomic mass is 9.32. The number of rotatable bonds is 5. The second-order valence-electron chi connectivity index (χ2n) is 14.5. The summed E-state index contributed by atoms with van der Waals surface area (Å²) >= 11 is 1.58. The molecule has 1 aromatic rings. The Morgan fingerprint density at radius 2 is 1.79 bits per heavy atom. The smallest absolute Gasteiger partial charge is 0.199 e. The van der Waals surface area contributed by atoms with Crippen molar-refractivity contribution in [2.24, 2.45) is 33.5 Å². The topological polar surface area (TPSA) is 81.0 Å². The first-order chi connectivity index (χ1) is 18.5. The molecule has 2 spiro atoms. The molecular weight excluding hydrogens is 506 g/mol. The maximum atomic E-state index is 14.5. The van der Waals surface area contributed by atoms with Crippen molar-refractivity contribution >= 4 is 17.1 Å². The van der Waals surface area contributed by atoms with Crippen LogP contribution in [0, 0.1) is 40.4 Å². The van der Waals surface area contributed by atoms with Crippen LogP contribution in [0.1, 0.15) is 86.2 Å². The molecule has 1 aliphatic heterocycles. The summed E-state index contributed by atoms with van der Waals surface area (Å²) in [6, 6.07) is 4.18. The van der Waals surface area contributed by atoms with Gasteiger partial charge in [0, 0.05) is 39.3 Å². The first-order valence-corrected chi connectivity index (χ1v) is 16.1. The number of nitrogens with zero attached hydrogens (tertiary/aromatic N) is 1. The number of hydrogen-bond donors (Lipinski definition) is 3. The van der Waals surface area contributed by atoms with E-state index in [2.05, 4.69) is 43.9 Å². The molecule has 6 heteroatoms. The van der Waals surface area contributed by atoms with Gasteiger partial charge in [-0.3, -0.25) is 9.69 Å². The summed E-state index contributed by atoms with van der Waals surface area (Å²) < 4.78 is 0. The Labute approximate surface area is 237 Å². The second kappa shape index (κ2) is 8.61. The molecule has 5 nitrogen and oxygen atoms in total. The number of fused-ring (bicyclic) bond motifs is 1. The molecule has 0 aromatic carbocycles. The van der Waals surface area contributed by atoms with E-state index >= 15 is 0 Å². The maximum Gasteiger partial charge on any atom is 0.199 e. The van der Waals surface area contributed by atoms with Crippen LogP contribution in [0.25, 0.3) is 0 Å². The van der Waals surface area contributed by atoms with E-state index in [0.29, 0.717) is 18.9 Å². The predicted octanol–water partition coefficient (Wildman–Crippen LogP) is 5.29. The third-order valence-electron chi connectivity index (χ3n) is 13.1. The minimum atomic E-state index is -0.841. The summed E-state index contributed by atoms with van der Waals surface area (Å²) in [5.41, 5.74) is -0.907. The fourth-order valence-electron chi connectivity index (χ4n) is 10.9. The summed E-state index contributed by atoms with van der Waals surface area (Å²) in [6.07, 6.45) is 14.9. The quantitative estimate of drug-likeness (QED) is 0.342. The van der Waals surface area contributed by atoms with Crippen molar-refractivity contribution < 1.29 is 20.1 Å². The highest BCUT2D eigenvalue weighted by Gasteiger charge is 2.74. The highest BCUT2D eigenvalue weighted by molar-refractivity contribution is 7.14. The highest BCUT2D eigenvalue weighted by atomic mass is 32.1. The SMILES string of the molecule is Cc1ccc(C(=O)C2=CC34C=CC25C(CCC2(C)C5CCC2(O)CN2CCCC2CO)C3(C)CCC(O)C4)s1. The van der Waals surface area contributed by atoms with Gasteiger partial charge in [-0.2, -0.15) is 0 Å². The molecule has 2 heterocycles. The Hall–Kier alpha value is -1.31. The molecule has 9 atom stereocenters. The van der Waals surface area contributed by atoms with Crippen molar-refractivity contribution in [1.82, 2.24) is 4.90 Å². The molecule has 8 rings (SSSR count). The summed E-state index contributed by atoms with van der Waals surface area (Å²) in [4.78, 5) is 18.8. The monoisotopic (exact) mass is 551 g/mol. The van der Waals surface area contributed by atoms with Crippen LogP contribution in [-0.2, 0) is 0 Å². The molecule has 3 saturated carbocycles. The summed E-state index contributed by atoms with van der Waals surface area (Å²) in [5.74, 6) is 0.659. The van der Waals surface area contributed by atoms with Gasteiger partial charge < -0.3 is 15.3 Å². The van der Waals surface area contributed by atoms with Gasteiger partial charge in [0.1, 0.15) is 0 Å². The summed E-state index contributed by atoms with van der Waals surface area (Å²) in [7, 11) is 0. The molecule has 3 N–H and O–H groups in total. The van der Waals surface area contributed by atoms with E-state index in [1.54, 1.807) is 11.3 Å². The van der Waals surface area contributed by atoms with E-state index in [9.17, 15) is 20.1 Å². The van der Waals surface area contributed by atoms with Gasteiger partial charge in [-0.15, -0.1) is 11.3 Å². The number of aliphatic hydroxyl groups excluding tert-OH is 2. The van der Waals surface area contributed by atoms with Gasteiger partial charge in [-0.1, -0.05) is 32.1 Å². The van der Waals surface area contributed by atoms with Crippen molar-refractivity contribution in [1.29, 1.82) is 0 Å². The lowest BCUT2D eigenvalue weighted by molar-refractivity contribution is -0.177. The Balaban J connectivity index is 1.35. The Morgan fingerprint density at radius 3 is 2.54 bits per heavy atom. The molecule has 212 valence electrons. The third-order valence-corrected chi connectivity index (χ3v) is 14.1. The number of thiophene rings is 1. The number of hydrogen-bond acceptors (Lipinski definition) is 6. The molecule has 1 aromatic heterocycles. The number of β-amino-alcohol motifs (C(OH)–C–C–N with tert-alkyl or cyclic N) is 1. The van der Waals surface area contributed by atoms with E-state index in [4.69, 9.17) is 0 Å². The molecule has 1 saturated heterocycles. The van der Waals surface area contributed by atoms with Crippen LogP contribution >= 0.6 is 11.3 Å².